The molecule has 0 spiro atoms. The highest BCUT2D eigenvalue weighted by Crippen LogP contribution is 2.36. The zero-order valence-electron chi connectivity index (χ0n) is 9.35. The molecule has 1 heterocycles. The number of fused-ring (bicyclic) bond motifs is 1. The molecule has 0 aliphatic carbocycles. The van der Waals surface area contributed by atoms with Gasteiger partial charge in [-0.15, -0.1) is 0 Å². The van der Waals surface area contributed by atoms with Gasteiger partial charge < -0.3 is 4.74 Å². The molecule has 5 heteroatoms. The first-order valence-corrected chi connectivity index (χ1v) is 5.59. The summed E-state index contributed by atoms with van der Waals surface area (Å²) in [6.07, 6.45) is 0. The molecule has 16 heavy (non-hydrogen) atoms. The Morgan fingerprint density at radius 1 is 1.50 bits per heavy atom. The van der Waals surface area contributed by atoms with Gasteiger partial charge in [0.15, 0.2) is 5.82 Å². The summed E-state index contributed by atoms with van der Waals surface area (Å²) in [6, 6.07) is 5.75. The average Bonchev–Trinajstić information content (AvgIpc) is 2.71. The topological polar surface area (TPSA) is 42.4 Å². The van der Waals surface area contributed by atoms with Crippen molar-refractivity contribution in [3.63, 3.8) is 0 Å². The number of benzene rings is 1. The van der Waals surface area contributed by atoms with Crippen LogP contribution in [0.15, 0.2) is 18.2 Å². The molecule has 0 bridgehead atoms. The molecule has 0 fully saturated rings. The van der Waals surface area contributed by atoms with E-state index in [0.29, 0.717) is 5.82 Å². The predicted molar refractivity (Wildman–Crippen MR) is 65.3 cm³/mol. The van der Waals surface area contributed by atoms with E-state index in [2.05, 4.69) is 4.37 Å². The van der Waals surface area contributed by atoms with Crippen molar-refractivity contribution in [1.82, 2.24) is 4.37 Å². The molecule has 0 saturated heterocycles. The maximum absolute atomic E-state index is 11.3. The van der Waals surface area contributed by atoms with Crippen molar-refractivity contribution in [2.75, 3.05) is 19.1 Å². The van der Waals surface area contributed by atoms with E-state index >= 15 is 0 Å². The smallest absolute Gasteiger partial charge is 0.224 e. The molecule has 1 aromatic heterocycles. The van der Waals surface area contributed by atoms with Crippen molar-refractivity contribution in [3.05, 3.63) is 18.2 Å². The van der Waals surface area contributed by atoms with E-state index in [0.717, 1.165) is 15.8 Å². The maximum Gasteiger partial charge on any atom is 0.224 e. The number of aromatic nitrogens is 1. The molecule has 0 atom stereocenters. The Morgan fingerprint density at radius 2 is 2.25 bits per heavy atom. The molecular formula is C11H12N2O2S. The van der Waals surface area contributed by atoms with Crippen LogP contribution in [0.25, 0.3) is 10.1 Å². The summed E-state index contributed by atoms with van der Waals surface area (Å²) in [6.45, 7) is 1.51. The van der Waals surface area contributed by atoms with E-state index in [1.165, 1.54) is 23.4 Å². The van der Waals surface area contributed by atoms with Crippen LogP contribution in [0.2, 0.25) is 0 Å². The lowest BCUT2D eigenvalue weighted by molar-refractivity contribution is -0.116. The molecule has 1 amide bonds. The van der Waals surface area contributed by atoms with Gasteiger partial charge in [-0.05, 0) is 23.7 Å². The fourth-order valence-electron chi connectivity index (χ4n) is 1.49. The molecule has 2 rings (SSSR count). The van der Waals surface area contributed by atoms with E-state index < -0.39 is 0 Å². The number of nitrogens with zero attached hydrogens (tertiary/aromatic N) is 2. The minimum absolute atomic E-state index is 0.0434. The highest BCUT2D eigenvalue weighted by molar-refractivity contribution is 7.13. The minimum atomic E-state index is -0.0434. The number of ether oxygens (including phenoxy) is 1. The standard InChI is InChI=1S/C11H12N2O2S/c1-7(14)13(2)11-10-8(15-3)5-4-6-9(10)16-12-11/h4-6H,1-3H3. The number of hydrogen-bond acceptors (Lipinski definition) is 4. The Hall–Kier alpha value is -1.62. The van der Waals surface area contributed by atoms with Crippen molar-refractivity contribution in [2.24, 2.45) is 0 Å². The summed E-state index contributed by atoms with van der Waals surface area (Å²) >= 11 is 1.37. The Morgan fingerprint density at radius 3 is 2.88 bits per heavy atom. The van der Waals surface area contributed by atoms with Crippen LogP contribution in [0, 0.1) is 0 Å². The van der Waals surface area contributed by atoms with E-state index in [1.807, 2.05) is 18.2 Å². The van der Waals surface area contributed by atoms with Crippen molar-refractivity contribution in [2.45, 2.75) is 6.92 Å². The molecule has 0 N–H and O–H groups in total. The summed E-state index contributed by atoms with van der Waals surface area (Å²) in [5.74, 6) is 1.36. The number of carbonyl (C=O) groups excluding carboxylic acids is 1. The van der Waals surface area contributed by atoms with Crippen molar-refractivity contribution in [1.29, 1.82) is 0 Å². The molecule has 2 aromatic rings. The van der Waals surface area contributed by atoms with Crippen LogP contribution in [0.1, 0.15) is 6.92 Å². The van der Waals surface area contributed by atoms with Gasteiger partial charge in [0.2, 0.25) is 5.91 Å². The van der Waals surface area contributed by atoms with E-state index in [1.54, 1.807) is 14.2 Å². The largest absolute Gasteiger partial charge is 0.496 e. The average molecular weight is 236 g/mol. The fourth-order valence-corrected chi connectivity index (χ4v) is 2.31. The first-order valence-electron chi connectivity index (χ1n) is 4.82. The predicted octanol–water partition coefficient (Wildman–Crippen LogP) is 2.29. The zero-order valence-corrected chi connectivity index (χ0v) is 10.2. The Balaban J connectivity index is 2.67. The van der Waals surface area contributed by atoms with E-state index in [4.69, 9.17) is 4.74 Å². The van der Waals surface area contributed by atoms with Crippen LogP contribution in [0.3, 0.4) is 0 Å². The van der Waals surface area contributed by atoms with Gasteiger partial charge in [-0.2, -0.15) is 4.37 Å². The zero-order chi connectivity index (χ0) is 11.7. The Kier molecular flexibility index (Phi) is 2.78. The second-order valence-electron chi connectivity index (χ2n) is 3.42. The van der Waals surface area contributed by atoms with E-state index in [-0.39, 0.29) is 5.91 Å². The third-order valence-corrected chi connectivity index (χ3v) is 3.25. The summed E-state index contributed by atoms with van der Waals surface area (Å²) in [5, 5.41) is 0.896. The first-order chi connectivity index (χ1) is 7.65. The van der Waals surface area contributed by atoms with Crippen LogP contribution < -0.4 is 9.64 Å². The van der Waals surface area contributed by atoms with Gasteiger partial charge >= 0.3 is 0 Å². The SMILES string of the molecule is COc1cccc2snc(N(C)C(C)=O)c12. The Bertz CT molecular complexity index is 536. The number of methoxy groups -OCH3 is 1. The second kappa shape index (κ2) is 4.09. The number of anilines is 1. The van der Waals surface area contributed by atoms with Crippen molar-refractivity contribution >= 4 is 33.3 Å². The molecule has 84 valence electrons. The maximum atomic E-state index is 11.3. The quantitative estimate of drug-likeness (QED) is 0.803. The van der Waals surface area contributed by atoms with Crippen LogP contribution in [-0.2, 0) is 4.79 Å². The number of carbonyl (C=O) groups is 1. The molecule has 4 nitrogen and oxygen atoms in total. The molecule has 0 unspecified atom stereocenters. The van der Waals surface area contributed by atoms with Crippen LogP contribution in [0.5, 0.6) is 5.75 Å². The fraction of sp³-hybridized carbons (Fsp3) is 0.273. The summed E-state index contributed by atoms with van der Waals surface area (Å²) < 4.78 is 10.6. The normalized spacial score (nSPS) is 10.4. The van der Waals surface area contributed by atoms with Gasteiger partial charge in [0.05, 0.1) is 17.2 Å². The number of amides is 1. The van der Waals surface area contributed by atoms with Gasteiger partial charge in [0.1, 0.15) is 5.75 Å². The number of rotatable bonds is 2. The lowest BCUT2D eigenvalue weighted by Crippen LogP contribution is -2.23. The van der Waals surface area contributed by atoms with Gasteiger partial charge in [0, 0.05) is 14.0 Å². The summed E-state index contributed by atoms with van der Waals surface area (Å²) in [7, 11) is 3.33. The molecule has 0 radical (unpaired) electrons. The lowest BCUT2D eigenvalue weighted by atomic mass is 10.2. The van der Waals surface area contributed by atoms with Gasteiger partial charge in [-0.1, -0.05) is 6.07 Å². The third-order valence-electron chi connectivity index (χ3n) is 2.45. The summed E-state index contributed by atoms with van der Waals surface area (Å²) in [5.41, 5.74) is 0. The molecule has 0 saturated carbocycles. The van der Waals surface area contributed by atoms with Crippen molar-refractivity contribution in [3.8, 4) is 5.75 Å². The van der Waals surface area contributed by atoms with Crippen molar-refractivity contribution < 1.29 is 9.53 Å². The monoisotopic (exact) mass is 236 g/mol. The Labute approximate surface area is 97.6 Å². The van der Waals surface area contributed by atoms with Crippen LogP contribution in [0.4, 0.5) is 5.82 Å². The van der Waals surface area contributed by atoms with Crippen LogP contribution >= 0.6 is 11.5 Å². The van der Waals surface area contributed by atoms with Gasteiger partial charge in [-0.25, -0.2) is 0 Å². The summed E-state index contributed by atoms with van der Waals surface area (Å²) in [4.78, 5) is 12.9. The van der Waals surface area contributed by atoms with Gasteiger partial charge in [-0.3, -0.25) is 9.69 Å². The molecule has 0 aliphatic heterocycles. The van der Waals surface area contributed by atoms with Gasteiger partial charge in [0.25, 0.3) is 0 Å². The molecule has 0 aliphatic rings. The second-order valence-corrected chi connectivity index (χ2v) is 4.22. The minimum Gasteiger partial charge on any atom is -0.496 e. The molecule has 1 aromatic carbocycles. The van der Waals surface area contributed by atoms with E-state index in [9.17, 15) is 4.79 Å². The first kappa shape index (κ1) is 10.9. The lowest BCUT2D eigenvalue weighted by Gasteiger charge is -2.12. The van der Waals surface area contributed by atoms with Crippen LogP contribution in [-0.4, -0.2) is 24.4 Å². The number of hydrogen-bond donors (Lipinski definition) is 0. The third kappa shape index (κ3) is 1.63. The molecular weight excluding hydrogens is 224 g/mol. The highest BCUT2D eigenvalue weighted by Gasteiger charge is 2.16. The highest BCUT2D eigenvalue weighted by atomic mass is 32.1.